The molecule has 1 aliphatic heterocycles. The second-order valence-corrected chi connectivity index (χ2v) is 9.20. The summed E-state index contributed by atoms with van der Waals surface area (Å²) in [4.78, 5) is 32.8. The van der Waals surface area contributed by atoms with Gasteiger partial charge in [-0.2, -0.15) is 0 Å². The summed E-state index contributed by atoms with van der Waals surface area (Å²) < 4.78 is 6.44. The van der Waals surface area contributed by atoms with E-state index in [-0.39, 0.29) is 11.3 Å². The first kappa shape index (κ1) is 22.8. The van der Waals surface area contributed by atoms with Crippen molar-refractivity contribution in [3.8, 4) is 5.75 Å². The molecule has 176 valence electrons. The number of aliphatic hydroxyl groups excluding tert-OH is 1. The lowest BCUT2D eigenvalue weighted by molar-refractivity contribution is -0.132. The molecular weight excluding hydrogens is 460 g/mol. The third-order valence-electron chi connectivity index (χ3n) is 6.06. The van der Waals surface area contributed by atoms with Gasteiger partial charge in [-0.3, -0.25) is 14.5 Å². The van der Waals surface area contributed by atoms with Gasteiger partial charge in [0.2, 0.25) is 0 Å². The average molecular weight is 485 g/mol. The van der Waals surface area contributed by atoms with Crippen LogP contribution in [0.4, 0.5) is 5.13 Å². The molecule has 5 rings (SSSR count). The number of thiazole rings is 1. The normalized spacial score (nSPS) is 17.3. The Bertz CT molecular complexity index is 1440. The molecule has 1 unspecified atom stereocenters. The molecule has 1 amide bonds. The second-order valence-electron chi connectivity index (χ2n) is 8.19. The number of carbonyl (C=O) groups excluding carboxylic acids is 2. The van der Waals surface area contributed by atoms with Crippen molar-refractivity contribution in [3.63, 3.8) is 0 Å². The molecular formula is C28H24N2O4S. The van der Waals surface area contributed by atoms with E-state index >= 15 is 0 Å². The lowest BCUT2D eigenvalue weighted by Crippen LogP contribution is -2.29. The number of ether oxygens (including phenoxy) is 1. The number of nitrogens with zero attached hydrogens (tertiary/aromatic N) is 2. The fraction of sp³-hybridized carbons (Fsp3) is 0.179. The summed E-state index contributed by atoms with van der Waals surface area (Å²) in [5.74, 6) is -0.926. The number of aliphatic hydroxyl groups is 1. The predicted octanol–water partition coefficient (Wildman–Crippen LogP) is 5.88. The Balaban J connectivity index is 1.69. The Morgan fingerprint density at radius 2 is 1.77 bits per heavy atom. The molecule has 3 aromatic carbocycles. The smallest absolute Gasteiger partial charge is 0.301 e. The highest BCUT2D eigenvalue weighted by atomic mass is 32.1. The number of anilines is 1. The lowest BCUT2D eigenvalue weighted by Gasteiger charge is -2.23. The standard InChI is InChI=1S/C28H24N2O4S/c1-3-17-10-12-18(13-11-17)24-23(25(31)19-8-6-5-7-9-19)26(32)27(33)30(24)28-29-21-15-14-20(34-4-2)16-22(21)35-28/h5-16,24,31H,3-4H2,1-2H3. The number of fused-ring (bicyclic) bond motifs is 1. The Hall–Kier alpha value is -3.97. The molecule has 0 aliphatic carbocycles. The number of rotatable bonds is 6. The number of hydrogen-bond donors (Lipinski definition) is 1. The van der Waals surface area contributed by atoms with Crippen molar-refractivity contribution in [2.75, 3.05) is 11.5 Å². The fourth-order valence-electron chi connectivity index (χ4n) is 4.28. The summed E-state index contributed by atoms with van der Waals surface area (Å²) in [6.07, 6.45) is 0.866. The maximum Gasteiger partial charge on any atom is 0.301 e. The number of Topliss-reactive ketones (excluding diaryl/α,β-unsaturated/α-hetero) is 1. The van der Waals surface area contributed by atoms with Crippen LogP contribution in [0.2, 0.25) is 0 Å². The SMILES string of the molecule is CCOc1ccc2nc(N3C(=O)C(=O)C(=C(O)c4ccccc4)C3c3ccc(CC)cc3)sc2c1. The summed E-state index contributed by atoms with van der Waals surface area (Å²) in [6, 6.07) is 21.3. The van der Waals surface area contributed by atoms with Gasteiger partial charge in [-0.1, -0.05) is 72.9 Å². The van der Waals surface area contributed by atoms with Crippen molar-refractivity contribution >= 4 is 44.1 Å². The van der Waals surface area contributed by atoms with E-state index in [0.29, 0.717) is 28.6 Å². The highest BCUT2D eigenvalue weighted by Gasteiger charge is 2.48. The van der Waals surface area contributed by atoms with Crippen molar-refractivity contribution in [3.05, 3.63) is 95.1 Å². The van der Waals surface area contributed by atoms with Crippen LogP contribution in [-0.2, 0) is 16.0 Å². The van der Waals surface area contributed by atoms with Crippen LogP contribution in [0.25, 0.3) is 16.0 Å². The van der Waals surface area contributed by atoms with Gasteiger partial charge in [0.1, 0.15) is 11.5 Å². The van der Waals surface area contributed by atoms with Gasteiger partial charge in [0.05, 0.1) is 28.4 Å². The van der Waals surface area contributed by atoms with Gasteiger partial charge in [0.15, 0.2) is 5.13 Å². The second kappa shape index (κ2) is 9.35. The Kier molecular flexibility index (Phi) is 6.09. The zero-order valence-corrected chi connectivity index (χ0v) is 20.2. The van der Waals surface area contributed by atoms with Crippen molar-refractivity contribution in [2.45, 2.75) is 26.3 Å². The van der Waals surface area contributed by atoms with Gasteiger partial charge in [-0.05, 0) is 42.7 Å². The minimum absolute atomic E-state index is 0.0553. The van der Waals surface area contributed by atoms with Gasteiger partial charge in [0.25, 0.3) is 5.78 Å². The zero-order valence-electron chi connectivity index (χ0n) is 19.4. The van der Waals surface area contributed by atoms with Crippen molar-refractivity contribution in [1.29, 1.82) is 0 Å². The van der Waals surface area contributed by atoms with Gasteiger partial charge in [-0.15, -0.1) is 0 Å². The van der Waals surface area contributed by atoms with Gasteiger partial charge in [0, 0.05) is 5.56 Å². The summed E-state index contributed by atoms with van der Waals surface area (Å²) >= 11 is 1.31. The molecule has 0 spiro atoms. The summed E-state index contributed by atoms with van der Waals surface area (Å²) in [5, 5.41) is 11.6. The number of benzene rings is 3. The molecule has 2 heterocycles. The molecule has 0 bridgehead atoms. The molecule has 0 saturated carbocycles. The van der Waals surface area contributed by atoms with Crippen LogP contribution >= 0.6 is 11.3 Å². The van der Waals surface area contributed by atoms with Gasteiger partial charge in [-0.25, -0.2) is 4.98 Å². The zero-order chi connectivity index (χ0) is 24.5. The highest BCUT2D eigenvalue weighted by molar-refractivity contribution is 7.22. The van der Waals surface area contributed by atoms with E-state index in [9.17, 15) is 14.7 Å². The molecule has 1 N–H and O–H groups in total. The first-order chi connectivity index (χ1) is 17.0. The molecule has 1 aromatic heterocycles. The van der Waals surface area contributed by atoms with Crippen LogP contribution in [0.5, 0.6) is 5.75 Å². The summed E-state index contributed by atoms with van der Waals surface area (Å²) in [6.45, 7) is 4.52. The molecule has 0 radical (unpaired) electrons. The number of ketones is 1. The first-order valence-corrected chi connectivity index (χ1v) is 12.3. The van der Waals surface area contributed by atoms with Crippen LogP contribution < -0.4 is 9.64 Å². The number of amides is 1. The Labute approximate surface area is 207 Å². The molecule has 1 atom stereocenters. The number of carbonyl (C=O) groups is 2. The van der Waals surface area contributed by atoms with Crippen LogP contribution in [0.3, 0.4) is 0 Å². The monoisotopic (exact) mass is 484 g/mol. The minimum atomic E-state index is -0.798. The van der Waals surface area contributed by atoms with Crippen LogP contribution in [0.15, 0.2) is 78.4 Å². The fourth-order valence-corrected chi connectivity index (χ4v) is 5.31. The molecule has 35 heavy (non-hydrogen) atoms. The lowest BCUT2D eigenvalue weighted by atomic mass is 9.94. The number of hydrogen-bond acceptors (Lipinski definition) is 6. The van der Waals surface area contributed by atoms with Crippen molar-refractivity contribution in [2.24, 2.45) is 0 Å². The molecule has 1 aliphatic rings. The summed E-state index contributed by atoms with van der Waals surface area (Å²) in [5.41, 5.74) is 3.11. The summed E-state index contributed by atoms with van der Waals surface area (Å²) in [7, 11) is 0. The topological polar surface area (TPSA) is 79.7 Å². The van der Waals surface area contributed by atoms with Gasteiger partial charge >= 0.3 is 5.91 Å². The maximum absolute atomic E-state index is 13.4. The maximum atomic E-state index is 13.4. The van der Waals surface area contributed by atoms with Crippen LogP contribution in [-0.4, -0.2) is 28.4 Å². The van der Waals surface area contributed by atoms with E-state index in [1.165, 1.54) is 16.2 Å². The predicted molar refractivity (Wildman–Crippen MR) is 138 cm³/mol. The third kappa shape index (κ3) is 4.08. The van der Waals surface area contributed by atoms with Crippen LogP contribution in [0.1, 0.15) is 36.6 Å². The quantitative estimate of drug-likeness (QED) is 0.210. The largest absolute Gasteiger partial charge is 0.507 e. The van der Waals surface area contributed by atoms with Crippen molar-refractivity contribution < 1.29 is 19.4 Å². The highest BCUT2D eigenvalue weighted by Crippen LogP contribution is 2.44. The number of aromatic nitrogens is 1. The van der Waals surface area contributed by atoms with E-state index in [4.69, 9.17) is 4.74 Å². The molecule has 1 fully saturated rings. The van der Waals surface area contributed by atoms with Crippen molar-refractivity contribution in [1.82, 2.24) is 4.98 Å². The van der Waals surface area contributed by atoms with E-state index in [2.05, 4.69) is 11.9 Å². The van der Waals surface area contributed by atoms with Gasteiger partial charge < -0.3 is 9.84 Å². The Morgan fingerprint density at radius 3 is 2.46 bits per heavy atom. The molecule has 1 saturated heterocycles. The average Bonchev–Trinajstić information content (AvgIpc) is 3.42. The molecule has 4 aromatic rings. The Morgan fingerprint density at radius 1 is 1.03 bits per heavy atom. The third-order valence-corrected chi connectivity index (χ3v) is 7.08. The molecule has 7 heteroatoms. The van der Waals surface area contributed by atoms with E-state index in [1.54, 1.807) is 24.3 Å². The number of aryl methyl sites for hydroxylation is 1. The van der Waals surface area contributed by atoms with E-state index in [0.717, 1.165) is 22.2 Å². The van der Waals surface area contributed by atoms with E-state index in [1.807, 2.05) is 55.5 Å². The first-order valence-electron chi connectivity index (χ1n) is 11.5. The van der Waals surface area contributed by atoms with E-state index < -0.39 is 17.7 Å². The van der Waals surface area contributed by atoms with Crippen LogP contribution in [0, 0.1) is 0 Å². The minimum Gasteiger partial charge on any atom is -0.507 e. The molecule has 6 nitrogen and oxygen atoms in total.